The molecule has 0 aliphatic heterocycles. The maximum Gasteiger partial charge on any atom is 0.237 e. The van der Waals surface area contributed by atoms with Crippen LogP contribution in [0.15, 0.2) is 70.3 Å². The van der Waals surface area contributed by atoms with Crippen LogP contribution in [0.5, 0.6) is 0 Å². The van der Waals surface area contributed by atoms with Gasteiger partial charge in [-0.05, 0) is 6.92 Å². The summed E-state index contributed by atoms with van der Waals surface area (Å²) in [6, 6.07) is 19.3. The van der Waals surface area contributed by atoms with Gasteiger partial charge in [0, 0.05) is 17.2 Å². The van der Waals surface area contributed by atoms with Crippen LogP contribution in [0.3, 0.4) is 0 Å². The number of aryl methyl sites for hydroxylation is 1. The van der Waals surface area contributed by atoms with Crippen molar-refractivity contribution >= 4 is 23.6 Å². The monoisotopic (exact) mass is 391 g/mol. The number of aromatic amines is 1. The predicted molar refractivity (Wildman–Crippen MR) is 108 cm³/mol. The molecule has 2 heterocycles. The second-order valence-electron chi connectivity index (χ2n) is 6.11. The van der Waals surface area contributed by atoms with Crippen molar-refractivity contribution in [3.63, 3.8) is 0 Å². The van der Waals surface area contributed by atoms with Gasteiger partial charge < -0.3 is 4.52 Å². The Bertz CT molecular complexity index is 1070. The quantitative estimate of drug-likeness (QED) is 0.479. The lowest BCUT2D eigenvalue weighted by Crippen LogP contribution is -2.13. The third kappa shape index (κ3) is 4.29. The summed E-state index contributed by atoms with van der Waals surface area (Å²) in [6.07, 6.45) is 0. The Balaban J connectivity index is 1.33. The van der Waals surface area contributed by atoms with Gasteiger partial charge in [-0.2, -0.15) is 0 Å². The van der Waals surface area contributed by atoms with Crippen LogP contribution in [-0.2, 0) is 4.79 Å². The van der Waals surface area contributed by atoms with Crippen molar-refractivity contribution in [1.29, 1.82) is 0 Å². The zero-order valence-corrected chi connectivity index (χ0v) is 15.9. The zero-order chi connectivity index (χ0) is 19.3. The first kappa shape index (κ1) is 18.0. The number of amides is 1. The molecule has 0 aliphatic rings. The minimum absolute atomic E-state index is 0.159. The Hall–Kier alpha value is -3.39. The molecule has 4 aromatic rings. The van der Waals surface area contributed by atoms with Crippen LogP contribution in [0.2, 0.25) is 0 Å². The van der Waals surface area contributed by atoms with Crippen molar-refractivity contribution in [3.05, 3.63) is 66.2 Å². The molecule has 2 aromatic heterocycles. The van der Waals surface area contributed by atoms with E-state index in [4.69, 9.17) is 4.52 Å². The summed E-state index contributed by atoms with van der Waals surface area (Å²) < 4.78 is 5.21. The SMILES string of the molecule is Cc1ccc(-c2cc(NC(=O)CSc3n[nH]c(-c4ccccc4)n3)on2)cc1. The number of carbonyl (C=O) groups excluding carboxylic acids is 1. The van der Waals surface area contributed by atoms with Gasteiger partial charge >= 0.3 is 0 Å². The van der Waals surface area contributed by atoms with Gasteiger partial charge in [0.2, 0.25) is 16.9 Å². The Kier molecular flexibility index (Phi) is 5.20. The van der Waals surface area contributed by atoms with Gasteiger partial charge in [-0.15, -0.1) is 5.10 Å². The molecule has 1 amide bonds. The van der Waals surface area contributed by atoms with Crippen LogP contribution in [-0.4, -0.2) is 32.0 Å². The lowest BCUT2D eigenvalue weighted by molar-refractivity contribution is -0.113. The van der Waals surface area contributed by atoms with Crippen molar-refractivity contribution in [1.82, 2.24) is 20.3 Å². The molecule has 140 valence electrons. The zero-order valence-electron chi connectivity index (χ0n) is 15.0. The molecule has 0 unspecified atom stereocenters. The Morgan fingerprint density at radius 1 is 1.11 bits per heavy atom. The van der Waals surface area contributed by atoms with E-state index in [0.29, 0.717) is 22.6 Å². The molecule has 0 saturated carbocycles. The Morgan fingerprint density at radius 3 is 2.68 bits per heavy atom. The van der Waals surface area contributed by atoms with Gasteiger partial charge in [0.05, 0.1) is 5.75 Å². The van der Waals surface area contributed by atoms with E-state index in [1.54, 1.807) is 6.07 Å². The number of nitrogens with zero attached hydrogens (tertiary/aromatic N) is 3. The van der Waals surface area contributed by atoms with E-state index in [1.807, 2.05) is 61.5 Å². The number of carbonyl (C=O) groups is 1. The molecule has 0 spiro atoms. The standard InChI is InChI=1S/C20H17N5O2S/c1-13-7-9-14(10-8-13)16-11-18(27-25-16)21-17(26)12-28-20-22-19(23-24-20)15-5-3-2-4-6-15/h2-11H,12H2,1H3,(H,21,26)(H,22,23,24). The van der Waals surface area contributed by atoms with Gasteiger partial charge in [-0.1, -0.05) is 77.1 Å². The van der Waals surface area contributed by atoms with Crippen molar-refractivity contribution < 1.29 is 9.32 Å². The third-order valence-corrected chi connectivity index (χ3v) is 4.81. The third-order valence-electron chi connectivity index (χ3n) is 3.96. The summed E-state index contributed by atoms with van der Waals surface area (Å²) in [5, 5.41) is 14.2. The maximum absolute atomic E-state index is 12.2. The molecule has 0 radical (unpaired) electrons. The number of hydrogen-bond donors (Lipinski definition) is 2. The molecular formula is C20H17N5O2S. The summed E-state index contributed by atoms with van der Waals surface area (Å²) in [5.74, 6) is 0.914. The van der Waals surface area contributed by atoms with Gasteiger partial charge in [0.25, 0.3) is 0 Å². The molecule has 7 nitrogen and oxygen atoms in total. The fourth-order valence-corrected chi connectivity index (χ4v) is 3.13. The molecule has 0 bridgehead atoms. The van der Waals surface area contributed by atoms with E-state index >= 15 is 0 Å². The smallest absolute Gasteiger partial charge is 0.237 e. The van der Waals surface area contributed by atoms with Gasteiger partial charge in [-0.25, -0.2) is 4.98 Å². The summed E-state index contributed by atoms with van der Waals surface area (Å²) in [6.45, 7) is 2.02. The van der Waals surface area contributed by atoms with E-state index in [0.717, 1.165) is 11.1 Å². The number of rotatable bonds is 6. The highest BCUT2D eigenvalue weighted by Gasteiger charge is 2.12. The number of aromatic nitrogens is 4. The van der Waals surface area contributed by atoms with Crippen molar-refractivity contribution in [2.75, 3.05) is 11.1 Å². The molecule has 0 aliphatic carbocycles. The van der Waals surface area contributed by atoms with Gasteiger partial charge in [0.1, 0.15) is 5.69 Å². The highest BCUT2D eigenvalue weighted by molar-refractivity contribution is 7.99. The van der Waals surface area contributed by atoms with E-state index < -0.39 is 0 Å². The molecule has 2 aromatic carbocycles. The largest absolute Gasteiger partial charge is 0.338 e. The van der Waals surface area contributed by atoms with Gasteiger partial charge in [-0.3, -0.25) is 15.2 Å². The molecule has 8 heteroatoms. The van der Waals surface area contributed by atoms with Crippen LogP contribution >= 0.6 is 11.8 Å². The Morgan fingerprint density at radius 2 is 1.89 bits per heavy atom. The predicted octanol–water partition coefficient (Wildman–Crippen LogP) is 4.17. The number of nitrogens with one attached hydrogen (secondary N) is 2. The van der Waals surface area contributed by atoms with Crippen molar-refractivity contribution in [2.45, 2.75) is 12.1 Å². The van der Waals surface area contributed by atoms with Crippen LogP contribution in [0.1, 0.15) is 5.56 Å². The first-order valence-electron chi connectivity index (χ1n) is 8.61. The van der Waals surface area contributed by atoms with Crippen LogP contribution in [0.4, 0.5) is 5.88 Å². The first-order valence-corrected chi connectivity index (χ1v) is 9.60. The molecule has 0 fully saturated rings. The second kappa shape index (κ2) is 8.10. The minimum atomic E-state index is -0.220. The van der Waals surface area contributed by atoms with Crippen LogP contribution in [0, 0.1) is 6.92 Å². The van der Waals surface area contributed by atoms with E-state index in [2.05, 4.69) is 25.7 Å². The molecule has 0 atom stereocenters. The van der Waals surface area contributed by atoms with Crippen molar-refractivity contribution in [2.24, 2.45) is 0 Å². The average molecular weight is 391 g/mol. The van der Waals surface area contributed by atoms with Crippen LogP contribution < -0.4 is 5.32 Å². The molecule has 2 N–H and O–H groups in total. The van der Waals surface area contributed by atoms with Crippen LogP contribution in [0.25, 0.3) is 22.6 Å². The number of H-pyrrole nitrogens is 1. The number of thioether (sulfide) groups is 1. The topological polar surface area (TPSA) is 96.7 Å². The molecule has 28 heavy (non-hydrogen) atoms. The average Bonchev–Trinajstić information content (AvgIpc) is 3.37. The first-order chi connectivity index (χ1) is 13.7. The summed E-state index contributed by atoms with van der Waals surface area (Å²) in [7, 11) is 0. The summed E-state index contributed by atoms with van der Waals surface area (Å²) in [5.41, 5.74) is 3.71. The highest BCUT2D eigenvalue weighted by Crippen LogP contribution is 2.23. The number of benzene rings is 2. The molecular weight excluding hydrogens is 374 g/mol. The van der Waals surface area contributed by atoms with Gasteiger partial charge in [0.15, 0.2) is 5.82 Å². The maximum atomic E-state index is 12.2. The fourth-order valence-electron chi connectivity index (χ4n) is 2.53. The van der Waals surface area contributed by atoms with E-state index in [9.17, 15) is 4.79 Å². The summed E-state index contributed by atoms with van der Waals surface area (Å²) in [4.78, 5) is 16.6. The molecule has 0 saturated heterocycles. The molecule has 4 rings (SSSR count). The number of anilines is 1. The normalized spacial score (nSPS) is 10.8. The second-order valence-corrected chi connectivity index (χ2v) is 7.05. The minimum Gasteiger partial charge on any atom is -0.338 e. The van der Waals surface area contributed by atoms with E-state index in [1.165, 1.54) is 17.3 Å². The lowest BCUT2D eigenvalue weighted by atomic mass is 10.1. The fraction of sp³-hybridized carbons (Fsp3) is 0.100. The Labute approximate surface area is 165 Å². The lowest BCUT2D eigenvalue weighted by Gasteiger charge is -1.98. The highest BCUT2D eigenvalue weighted by atomic mass is 32.2. The van der Waals surface area contributed by atoms with Crippen molar-refractivity contribution in [3.8, 4) is 22.6 Å². The summed E-state index contributed by atoms with van der Waals surface area (Å²) >= 11 is 1.24. The van der Waals surface area contributed by atoms with E-state index in [-0.39, 0.29) is 11.7 Å². The number of hydrogen-bond acceptors (Lipinski definition) is 6.